The first-order valence-electron chi connectivity index (χ1n) is 6.10. The van der Waals surface area contributed by atoms with Gasteiger partial charge in [0, 0.05) is 18.7 Å². The lowest BCUT2D eigenvalue weighted by Gasteiger charge is -2.29. The van der Waals surface area contributed by atoms with E-state index in [4.69, 9.17) is 29.6 Å². The minimum absolute atomic E-state index is 0.00765. The summed E-state index contributed by atoms with van der Waals surface area (Å²) in [5.74, 6) is 0. The Kier molecular flexibility index (Phi) is 4.66. The van der Waals surface area contributed by atoms with Crippen molar-refractivity contribution < 1.29 is 13.5 Å². The van der Waals surface area contributed by atoms with Crippen molar-refractivity contribution in [2.45, 2.75) is 23.8 Å². The van der Waals surface area contributed by atoms with E-state index in [-0.39, 0.29) is 21.5 Å². The van der Waals surface area contributed by atoms with Gasteiger partial charge in [0.05, 0.1) is 11.1 Å². The summed E-state index contributed by atoms with van der Waals surface area (Å²) < 4.78 is 26.3. The molecule has 20 heavy (non-hydrogen) atoms. The number of hydrogen-bond acceptors (Lipinski definition) is 4. The van der Waals surface area contributed by atoms with Crippen LogP contribution in [0.1, 0.15) is 18.4 Å². The molecular weight excluding hydrogens is 320 g/mol. The van der Waals surface area contributed by atoms with E-state index in [2.05, 4.69) is 0 Å². The van der Waals surface area contributed by atoms with Gasteiger partial charge in [-0.1, -0.05) is 29.9 Å². The van der Waals surface area contributed by atoms with Crippen molar-refractivity contribution in [2.24, 2.45) is 5.73 Å². The normalized spacial score (nSPS) is 20.8. The van der Waals surface area contributed by atoms with Crippen LogP contribution in [0.3, 0.4) is 0 Å². The molecule has 1 aliphatic heterocycles. The van der Waals surface area contributed by atoms with Gasteiger partial charge in [0.2, 0.25) is 10.0 Å². The Morgan fingerprint density at radius 3 is 2.75 bits per heavy atom. The van der Waals surface area contributed by atoms with E-state index in [9.17, 15) is 13.5 Å². The molecule has 110 valence electrons. The molecule has 0 bridgehead atoms. The molecule has 1 aromatic rings. The number of sulfonamides is 1. The molecular formula is C12H15ClN2O3S2. The average Bonchev–Trinajstić information content (AvgIpc) is 2.38. The van der Waals surface area contributed by atoms with Gasteiger partial charge in [0.1, 0.15) is 9.88 Å². The fraction of sp³-hybridized carbons (Fsp3) is 0.417. The number of aliphatic hydroxyl groups is 1. The van der Waals surface area contributed by atoms with Gasteiger partial charge in [0.25, 0.3) is 0 Å². The van der Waals surface area contributed by atoms with Gasteiger partial charge in [-0.3, -0.25) is 0 Å². The lowest BCUT2D eigenvalue weighted by molar-refractivity contribution is 0.108. The number of aliphatic hydroxyl groups excluding tert-OH is 1. The summed E-state index contributed by atoms with van der Waals surface area (Å²) in [6, 6.07) is 4.37. The standard InChI is InChI=1S/C12H15ClN2O3S2/c13-10-6-8(12(14)19)3-4-11(10)20(17,18)15-5-1-2-9(16)7-15/h3-4,6,9,16H,1-2,5,7H2,(H2,14,19). The molecule has 1 atom stereocenters. The summed E-state index contributed by atoms with van der Waals surface area (Å²) in [5.41, 5.74) is 6.00. The summed E-state index contributed by atoms with van der Waals surface area (Å²) in [4.78, 5) is 0.164. The van der Waals surface area contributed by atoms with Crippen LogP contribution in [-0.2, 0) is 10.0 Å². The van der Waals surface area contributed by atoms with Crippen LogP contribution in [-0.4, -0.2) is 42.0 Å². The number of benzene rings is 1. The van der Waals surface area contributed by atoms with Crippen LogP contribution < -0.4 is 5.73 Å². The number of piperidine rings is 1. The highest BCUT2D eigenvalue weighted by Crippen LogP contribution is 2.27. The van der Waals surface area contributed by atoms with Crippen molar-refractivity contribution in [2.75, 3.05) is 13.1 Å². The topological polar surface area (TPSA) is 83.6 Å². The van der Waals surface area contributed by atoms with Crippen LogP contribution in [0.2, 0.25) is 5.02 Å². The molecule has 1 saturated heterocycles. The molecule has 0 spiro atoms. The van der Waals surface area contributed by atoms with Crippen LogP contribution in [0.15, 0.2) is 23.1 Å². The quantitative estimate of drug-likeness (QED) is 0.809. The van der Waals surface area contributed by atoms with Gasteiger partial charge >= 0.3 is 0 Å². The Morgan fingerprint density at radius 2 is 2.20 bits per heavy atom. The van der Waals surface area contributed by atoms with E-state index in [1.165, 1.54) is 22.5 Å². The molecule has 0 aliphatic carbocycles. The fourth-order valence-corrected chi connectivity index (χ4v) is 4.30. The highest BCUT2D eigenvalue weighted by Gasteiger charge is 2.31. The third-order valence-electron chi connectivity index (χ3n) is 3.19. The predicted octanol–water partition coefficient (Wildman–Crippen LogP) is 1.12. The average molecular weight is 335 g/mol. The molecule has 0 saturated carbocycles. The minimum atomic E-state index is -3.71. The Morgan fingerprint density at radius 1 is 1.50 bits per heavy atom. The lowest BCUT2D eigenvalue weighted by Crippen LogP contribution is -2.42. The summed E-state index contributed by atoms with van der Waals surface area (Å²) in [7, 11) is -3.71. The summed E-state index contributed by atoms with van der Waals surface area (Å²) in [6.45, 7) is 0.475. The number of β-amino-alcohol motifs (C(OH)–C–C–N with tert-alkyl or cyclic N) is 1. The fourth-order valence-electron chi connectivity index (χ4n) is 2.14. The molecule has 0 amide bonds. The molecule has 3 N–H and O–H groups in total. The molecule has 5 nitrogen and oxygen atoms in total. The SMILES string of the molecule is NC(=S)c1ccc(S(=O)(=O)N2CCCC(O)C2)c(Cl)c1. The number of nitrogens with two attached hydrogens (primary N) is 1. The van der Waals surface area contributed by atoms with Gasteiger partial charge in [-0.05, 0) is 25.0 Å². The van der Waals surface area contributed by atoms with Gasteiger partial charge in [-0.25, -0.2) is 8.42 Å². The molecule has 1 aliphatic rings. The monoisotopic (exact) mass is 334 g/mol. The highest BCUT2D eigenvalue weighted by molar-refractivity contribution is 7.89. The highest BCUT2D eigenvalue weighted by atomic mass is 35.5. The first kappa shape index (κ1) is 15.7. The molecule has 1 unspecified atom stereocenters. The second kappa shape index (κ2) is 5.95. The molecule has 1 heterocycles. The Balaban J connectivity index is 2.36. The van der Waals surface area contributed by atoms with E-state index in [0.717, 1.165) is 0 Å². The smallest absolute Gasteiger partial charge is 0.244 e. The molecule has 0 radical (unpaired) electrons. The van der Waals surface area contributed by atoms with Crippen molar-refractivity contribution in [3.05, 3.63) is 28.8 Å². The van der Waals surface area contributed by atoms with Crippen LogP contribution in [0, 0.1) is 0 Å². The van der Waals surface area contributed by atoms with Crippen molar-refractivity contribution in [3.63, 3.8) is 0 Å². The van der Waals surface area contributed by atoms with E-state index in [0.29, 0.717) is 24.9 Å². The maximum Gasteiger partial charge on any atom is 0.244 e. The maximum absolute atomic E-state index is 12.5. The van der Waals surface area contributed by atoms with Crippen molar-refractivity contribution >= 4 is 38.8 Å². The van der Waals surface area contributed by atoms with E-state index >= 15 is 0 Å². The van der Waals surface area contributed by atoms with Crippen LogP contribution in [0.25, 0.3) is 0 Å². The van der Waals surface area contributed by atoms with Crippen LogP contribution in [0.4, 0.5) is 0 Å². The van der Waals surface area contributed by atoms with E-state index < -0.39 is 16.1 Å². The third kappa shape index (κ3) is 3.12. The number of halogens is 1. The third-order valence-corrected chi connectivity index (χ3v) is 5.78. The maximum atomic E-state index is 12.5. The van der Waals surface area contributed by atoms with Gasteiger partial charge in [-0.2, -0.15) is 4.31 Å². The zero-order valence-electron chi connectivity index (χ0n) is 10.6. The molecule has 8 heteroatoms. The van der Waals surface area contributed by atoms with Gasteiger partial charge in [0.15, 0.2) is 0 Å². The van der Waals surface area contributed by atoms with E-state index in [1.54, 1.807) is 0 Å². The predicted molar refractivity (Wildman–Crippen MR) is 81.3 cm³/mol. The zero-order valence-corrected chi connectivity index (χ0v) is 13.0. The summed E-state index contributed by atoms with van der Waals surface area (Å²) in [5, 5.41) is 9.68. The number of thiocarbonyl (C=S) groups is 1. The summed E-state index contributed by atoms with van der Waals surface area (Å²) in [6.07, 6.45) is 0.608. The minimum Gasteiger partial charge on any atom is -0.392 e. The lowest BCUT2D eigenvalue weighted by atomic mass is 10.1. The van der Waals surface area contributed by atoms with Crippen LogP contribution in [0.5, 0.6) is 0 Å². The zero-order chi connectivity index (χ0) is 14.9. The first-order valence-corrected chi connectivity index (χ1v) is 8.32. The summed E-state index contributed by atoms with van der Waals surface area (Å²) >= 11 is 10.9. The molecule has 0 aromatic heterocycles. The van der Waals surface area contributed by atoms with Gasteiger partial charge in [-0.15, -0.1) is 0 Å². The van der Waals surface area contributed by atoms with Crippen molar-refractivity contribution in [1.29, 1.82) is 0 Å². The molecule has 1 fully saturated rings. The van der Waals surface area contributed by atoms with Crippen molar-refractivity contribution in [3.8, 4) is 0 Å². The van der Waals surface area contributed by atoms with Crippen molar-refractivity contribution in [1.82, 2.24) is 4.31 Å². The Bertz CT molecular complexity index is 634. The van der Waals surface area contributed by atoms with E-state index in [1.807, 2.05) is 0 Å². The number of nitrogens with zero attached hydrogens (tertiary/aromatic N) is 1. The number of hydrogen-bond donors (Lipinski definition) is 2. The largest absolute Gasteiger partial charge is 0.392 e. The molecule has 1 aromatic carbocycles. The Hall–Kier alpha value is -0.730. The van der Waals surface area contributed by atoms with Gasteiger partial charge < -0.3 is 10.8 Å². The second-order valence-electron chi connectivity index (χ2n) is 4.67. The Labute approximate surface area is 128 Å². The van der Waals surface area contributed by atoms with Crippen LogP contribution >= 0.6 is 23.8 Å². The second-order valence-corrected chi connectivity index (χ2v) is 7.42. The number of rotatable bonds is 3. The molecule has 2 rings (SSSR count). The first-order chi connectivity index (χ1) is 9.32.